The highest BCUT2D eigenvalue weighted by Crippen LogP contribution is 2.31. The van der Waals surface area contributed by atoms with Crippen molar-refractivity contribution in [2.24, 2.45) is 5.41 Å². The average molecular weight is 308 g/mol. The molecule has 0 fully saturated rings. The Morgan fingerprint density at radius 3 is 2.45 bits per heavy atom. The van der Waals surface area contributed by atoms with E-state index in [1.807, 2.05) is 38.1 Å². The molecule has 124 valence electrons. The van der Waals surface area contributed by atoms with E-state index in [1.165, 1.54) is 0 Å². The summed E-state index contributed by atoms with van der Waals surface area (Å²) in [6.07, 6.45) is 3.55. The third-order valence-corrected chi connectivity index (χ3v) is 3.73. The van der Waals surface area contributed by atoms with Crippen molar-refractivity contribution < 1.29 is 19.4 Å². The van der Waals surface area contributed by atoms with Crippen LogP contribution in [0, 0.1) is 5.41 Å². The lowest BCUT2D eigenvalue weighted by Crippen LogP contribution is -2.32. The van der Waals surface area contributed by atoms with Crippen LogP contribution in [-0.4, -0.2) is 30.9 Å². The van der Waals surface area contributed by atoms with Gasteiger partial charge in [-0.1, -0.05) is 31.9 Å². The molecule has 1 atom stereocenters. The van der Waals surface area contributed by atoms with Crippen LogP contribution < -0.4 is 4.74 Å². The van der Waals surface area contributed by atoms with Crippen LogP contribution in [0.3, 0.4) is 0 Å². The predicted octanol–water partition coefficient (Wildman–Crippen LogP) is 3.36. The summed E-state index contributed by atoms with van der Waals surface area (Å²) in [6, 6.07) is 7.68. The lowest BCUT2D eigenvalue weighted by Gasteiger charge is -2.27. The van der Waals surface area contributed by atoms with Gasteiger partial charge in [0, 0.05) is 0 Å². The fourth-order valence-electron chi connectivity index (χ4n) is 2.45. The molecule has 0 radical (unpaired) electrons. The van der Waals surface area contributed by atoms with Crippen molar-refractivity contribution in [1.82, 2.24) is 0 Å². The van der Waals surface area contributed by atoms with Gasteiger partial charge >= 0.3 is 5.97 Å². The number of hydrogen-bond acceptors (Lipinski definition) is 4. The normalized spacial score (nSPS) is 13.5. The van der Waals surface area contributed by atoms with Gasteiger partial charge in [-0.3, -0.25) is 4.79 Å². The molecule has 1 rings (SSSR count). The van der Waals surface area contributed by atoms with E-state index in [0.29, 0.717) is 13.0 Å². The number of hydrogen-bond donors (Lipinski definition) is 1. The fraction of sp³-hybridized carbons (Fsp3) is 0.611. The van der Waals surface area contributed by atoms with Crippen LogP contribution in [0.1, 0.15) is 45.6 Å². The van der Waals surface area contributed by atoms with Gasteiger partial charge in [-0.15, -0.1) is 0 Å². The Hall–Kier alpha value is -1.55. The molecule has 1 aromatic rings. The van der Waals surface area contributed by atoms with Gasteiger partial charge < -0.3 is 14.6 Å². The van der Waals surface area contributed by atoms with Gasteiger partial charge in [-0.05, 0) is 44.4 Å². The molecule has 0 saturated heterocycles. The number of carbonyl (C=O) groups excluding carboxylic acids is 1. The number of unbranched alkanes of at least 4 members (excludes halogenated alkanes) is 1. The van der Waals surface area contributed by atoms with E-state index in [9.17, 15) is 4.79 Å². The van der Waals surface area contributed by atoms with Crippen molar-refractivity contribution >= 4 is 5.97 Å². The third-order valence-electron chi connectivity index (χ3n) is 3.73. The lowest BCUT2D eigenvalue weighted by atomic mass is 9.79. The van der Waals surface area contributed by atoms with E-state index >= 15 is 0 Å². The predicted molar refractivity (Wildman–Crippen MR) is 87.0 cm³/mol. The average Bonchev–Trinajstić information content (AvgIpc) is 2.52. The van der Waals surface area contributed by atoms with E-state index in [4.69, 9.17) is 14.6 Å². The first-order chi connectivity index (χ1) is 10.6. The van der Waals surface area contributed by atoms with E-state index in [1.54, 1.807) is 0 Å². The molecule has 4 heteroatoms. The summed E-state index contributed by atoms with van der Waals surface area (Å²) in [7, 11) is 0. The Morgan fingerprint density at radius 2 is 1.91 bits per heavy atom. The zero-order chi connectivity index (χ0) is 16.4. The van der Waals surface area contributed by atoms with Crippen LogP contribution in [0.15, 0.2) is 24.3 Å². The topological polar surface area (TPSA) is 55.8 Å². The molecule has 4 nitrogen and oxygen atoms in total. The second-order valence-electron chi connectivity index (χ2n) is 5.78. The van der Waals surface area contributed by atoms with Crippen molar-refractivity contribution in [1.29, 1.82) is 0 Å². The first-order valence-electron chi connectivity index (χ1n) is 8.05. The van der Waals surface area contributed by atoms with Crippen LogP contribution in [0.2, 0.25) is 0 Å². The van der Waals surface area contributed by atoms with Gasteiger partial charge in [0.25, 0.3) is 0 Å². The smallest absolute Gasteiger partial charge is 0.312 e. The van der Waals surface area contributed by atoms with E-state index in [-0.39, 0.29) is 19.2 Å². The highest BCUT2D eigenvalue weighted by atomic mass is 16.5. The second-order valence-corrected chi connectivity index (χ2v) is 5.78. The van der Waals surface area contributed by atoms with Gasteiger partial charge in [0.05, 0.1) is 18.6 Å². The number of aliphatic hydroxyl groups excluding tert-OH is 1. The first kappa shape index (κ1) is 18.5. The molecule has 0 aliphatic heterocycles. The Morgan fingerprint density at radius 1 is 1.23 bits per heavy atom. The molecule has 0 saturated carbocycles. The second kappa shape index (κ2) is 9.46. The molecule has 1 aromatic carbocycles. The molecule has 1 N–H and O–H groups in total. The SMILES string of the molecule is CCCCC(C)(Cc1ccc(OCCO)cc1)C(=O)OCC. The molecule has 0 heterocycles. The van der Waals surface area contributed by atoms with Crippen LogP contribution in [-0.2, 0) is 16.0 Å². The maximum atomic E-state index is 12.3. The van der Waals surface area contributed by atoms with Crippen molar-refractivity contribution in [2.75, 3.05) is 19.8 Å². The van der Waals surface area contributed by atoms with E-state index in [2.05, 4.69) is 6.92 Å². The molecule has 0 aromatic heterocycles. The molecule has 0 spiro atoms. The standard InChI is InChI=1S/C18H28O4/c1-4-6-11-18(3,17(20)21-5-2)14-15-7-9-16(10-8-15)22-13-12-19/h7-10,19H,4-6,11-14H2,1-3H3. The summed E-state index contributed by atoms with van der Waals surface area (Å²) in [5.41, 5.74) is 0.600. The summed E-state index contributed by atoms with van der Waals surface area (Å²) in [5.74, 6) is 0.605. The summed E-state index contributed by atoms with van der Waals surface area (Å²) in [6.45, 7) is 6.64. The Kier molecular flexibility index (Phi) is 7.96. The maximum Gasteiger partial charge on any atom is 0.312 e. The minimum atomic E-state index is -0.487. The van der Waals surface area contributed by atoms with Crippen LogP contribution >= 0.6 is 0 Å². The highest BCUT2D eigenvalue weighted by molar-refractivity contribution is 5.76. The summed E-state index contributed by atoms with van der Waals surface area (Å²) in [5, 5.41) is 8.75. The van der Waals surface area contributed by atoms with Gasteiger partial charge in [0.2, 0.25) is 0 Å². The monoisotopic (exact) mass is 308 g/mol. The van der Waals surface area contributed by atoms with Crippen molar-refractivity contribution in [3.63, 3.8) is 0 Å². The van der Waals surface area contributed by atoms with E-state index < -0.39 is 5.41 Å². The minimum absolute atomic E-state index is 0.000299. The Labute approximate surface area is 133 Å². The lowest BCUT2D eigenvalue weighted by molar-refractivity contribution is -0.154. The molecule has 0 aliphatic rings. The number of esters is 1. The quantitative estimate of drug-likeness (QED) is 0.673. The zero-order valence-corrected chi connectivity index (χ0v) is 13.9. The molecule has 0 amide bonds. The maximum absolute atomic E-state index is 12.3. The van der Waals surface area contributed by atoms with E-state index in [0.717, 1.165) is 30.6 Å². The number of ether oxygens (including phenoxy) is 2. The zero-order valence-electron chi connectivity index (χ0n) is 13.9. The number of aliphatic hydroxyl groups is 1. The van der Waals surface area contributed by atoms with Crippen molar-refractivity contribution in [2.45, 2.75) is 46.5 Å². The van der Waals surface area contributed by atoms with Crippen LogP contribution in [0.4, 0.5) is 0 Å². The number of carbonyl (C=O) groups is 1. The summed E-state index contributed by atoms with van der Waals surface area (Å²) in [4.78, 5) is 12.3. The molecular weight excluding hydrogens is 280 g/mol. The first-order valence-corrected chi connectivity index (χ1v) is 8.05. The van der Waals surface area contributed by atoms with Gasteiger partial charge in [-0.2, -0.15) is 0 Å². The highest BCUT2D eigenvalue weighted by Gasteiger charge is 2.34. The van der Waals surface area contributed by atoms with Gasteiger partial charge in [-0.25, -0.2) is 0 Å². The van der Waals surface area contributed by atoms with Crippen molar-refractivity contribution in [3.05, 3.63) is 29.8 Å². The van der Waals surface area contributed by atoms with Crippen LogP contribution in [0.25, 0.3) is 0 Å². The number of rotatable bonds is 10. The van der Waals surface area contributed by atoms with Crippen molar-refractivity contribution in [3.8, 4) is 5.75 Å². The minimum Gasteiger partial charge on any atom is -0.491 e. The molecule has 0 aliphatic carbocycles. The van der Waals surface area contributed by atoms with Crippen LogP contribution in [0.5, 0.6) is 5.75 Å². The number of benzene rings is 1. The summed E-state index contributed by atoms with van der Waals surface area (Å²) < 4.78 is 10.6. The van der Waals surface area contributed by atoms with Gasteiger partial charge in [0.15, 0.2) is 0 Å². The molecule has 1 unspecified atom stereocenters. The third kappa shape index (κ3) is 5.68. The summed E-state index contributed by atoms with van der Waals surface area (Å²) >= 11 is 0. The Bertz CT molecular complexity index is 441. The molecule has 0 bridgehead atoms. The molecular formula is C18H28O4. The van der Waals surface area contributed by atoms with Gasteiger partial charge in [0.1, 0.15) is 12.4 Å². The Balaban J connectivity index is 2.77. The molecule has 22 heavy (non-hydrogen) atoms. The largest absolute Gasteiger partial charge is 0.491 e. The fourth-order valence-corrected chi connectivity index (χ4v) is 2.45.